The first kappa shape index (κ1) is 17.0. The van der Waals surface area contributed by atoms with Crippen molar-refractivity contribution < 1.29 is 14.3 Å². The van der Waals surface area contributed by atoms with Crippen LogP contribution in [-0.2, 0) is 9.53 Å². The monoisotopic (exact) mass is 339 g/mol. The van der Waals surface area contributed by atoms with Gasteiger partial charge in [-0.1, -0.05) is 24.3 Å². The lowest BCUT2D eigenvalue weighted by molar-refractivity contribution is -0.128. The van der Waals surface area contributed by atoms with Gasteiger partial charge in [-0.25, -0.2) is 9.48 Å². The maximum absolute atomic E-state index is 12.6. The minimum atomic E-state index is -0.893. The molecule has 1 aromatic carbocycles. The Morgan fingerprint density at radius 3 is 2.76 bits per heavy atom. The van der Waals surface area contributed by atoms with E-state index in [0.29, 0.717) is 18.2 Å². The van der Waals surface area contributed by atoms with Crippen LogP contribution in [0.5, 0.6) is 0 Å². The Hall–Kier alpha value is -2.89. The van der Waals surface area contributed by atoms with E-state index in [9.17, 15) is 9.59 Å². The summed E-state index contributed by atoms with van der Waals surface area (Å²) in [6, 6.07) is 11.2. The standard InChI is InChI=1S/C19H21N3O3/c1-3-11-20-18(23)13(2)25-19(24)17-12-16(14-9-10-14)21-22(17)15-7-5-4-6-8-15/h3-8,12-14H,1,9-11H2,2H3,(H,20,23)/t13-/m1/s1. The van der Waals surface area contributed by atoms with E-state index in [1.165, 1.54) is 0 Å². The molecule has 0 unspecified atom stereocenters. The van der Waals surface area contributed by atoms with E-state index in [2.05, 4.69) is 17.0 Å². The van der Waals surface area contributed by atoms with E-state index in [0.717, 1.165) is 24.2 Å². The van der Waals surface area contributed by atoms with Crippen LogP contribution in [0.1, 0.15) is 41.9 Å². The molecule has 1 aromatic heterocycles. The second-order valence-corrected chi connectivity index (χ2v) is 6.06. The topological polar surface area (TPSA) is 73.2 Å². The highest BCUT2D eigenvalue weighted by Crippen LogP contribution is 2.39. The molecule has 1 N–H and O–H groups in total. The molecule has 0 radical (unpaired) electrons. The van der Waals surface area contributed by atoms with Crippen molar-refractivity contribution in [2.75, 3.05) is 6.54 Å². The van der Waals surface area contributed by atoms with Crippen molar-refractivity contribution in [3.63, 3.8) is 0 Å². The van der Waals surface area contributed by atoms with E-state index >= 15 is 0 Å². The van der Waals surface area contributed by atoms with Gasteiger partial charge >= 0.3 is 5.97 Å². The molecule has 1 aliphatic rings. The van der Waals surface area contributed by atoms with Crippen molar-refractivity contribution >= 4 is 11.9 Å². The molecule has 1 amide bonds. The van der Waals surface area contributed by atoms with Crippen LogP contribution >= 0.6 is 0 Å². The Labute approximate surface area is 146 Å². The molecule has 1 saturated carbocycles. The third-order valence-corrected chi connectivity index (χ3v) is 4.01. The third-order valence-electron chi connectivity index (χ3n) is 4.01. The van der Waals surface area contributed by atoms with Gasteiger partial charge in [0.05, 0.1) is 11.4 Å². The number of esters is 1. The summed E-state index contributed by atoms with van der Waals surface area (Å²) in [5, 5.41) is 7.18. The van der Waals surface area contributed by atoms with Gasteiger partial charge in [-0.05, 0) is 38.0 Å². The van der Waals surface area contributed by atoms with Crippen LogP contribution in [0.3, 0.4) is 0 Å². The van der Waals surface area contributed by atoms with Crippen molar-refractivity contribution in [2.45, 2.75) is 31.8 Å². The van der Waals surface area contributed by atoms with Crippen molar-refractivity contribution in [3.8, 4) is 5.69 Å². The number of benzene rings is 1. The second kappa shape index (κ2) is 7.34. The molecule has 130 valence electrons. The Bertz CT molecular complexity index is 778. The van der Waals surface area contributed by atoms with Crippen molar-refractivity contribution in [1.29, 1.82) is 0 Å². The van der Waals surface area contributed by atoms with Gasteiger partial charge in [0.2, 0.25) is 0 Å². The van der Waals surface area contributed by atoms with Gasteiger partial charge in [0, 0.05) is 12.5 Å². The number of ether oxygens (including phenoxy) is 1. The zero-order valence-electron chi connectivity index (χ0n) is 14.1. The number of para-hydroxylation sites is 1. The first-order valence-electron chi connectivity index (χ1n) is 8.35. The molecule has 1 atom stereocenters. The summed E-state index contributed by atoms with van der Waals surface area (Å²) in [4.78, 5) is 24.5. The van der Waals surface area contributed by atoms with Crippen LogP contribution in [0.2, 0.25) is 0 Å². The lowest BCUT2D eigenvalue weighted by atomic mass is 10.2. The molecule has 0 spiro atoms. The van der Waals surface area contributed by atoms with E-state index in [1.54, 1.807) is 23.7 Å². The highest BCUT2D eigenvalue weighted by atomic mass is 16.5. The Balaban J connectivity index is 1.81. The molecule has 1 fully saturated rings. The van der Waals surface area contributed by atoms with Gasteiger partial charge in [-0.2, -0.15) is 5.10 Å². The van der Waals surface area contributed by atoms with Gasteiger partial charge < -0.3 is 10.1 Å². The zero-order chi connectivity index (χ0) is 17.8. The van der Waals surface area contributed by atoms with Crippen LogP contribution in [0, 0.1) is 0 Å². The first-order valence-corrected chi connectivity index (χ1v) is 8.35. The lowest BCUT2D eigenvalue weighted by Crippen LogP contribution is -2.36. The van der Waals surface area contributed by atoms with Gasteiger partial charge in [-0.3, -0.25) is 4.79 Å². The SMILES string of the molecule is C=CCNC(=O)[C@@H](C)OC(=O)c1cc(C2CC2)nn1-c1ccccc1. The normalized spacial score (nSPS) is 14.6. The highest BCUT2D eigenvalue weighted by Gasteiger charge is 2.30. The van der Waals surface area contributed by atoms with Gasteiger partial charge in [0.15, 0.2) is 11.8 Å². The average Bonchev–Trinajstić information content (AvgIpc) is 3.38. The van der Waals surface area contributed by atoms with Crippen LogP contribution in [0.4, 0.5) is 0 Å². The number of hydrogen-bond donors (Lipinski definition) is 1. The van der Waals surface area contributed by atoms with Crippen molar-refractivity contribution in [2.24, 2.45) is 0 Å². The summed E-state index contributed by atoms with van der Waals surface area (Å²) >= 11 is 0. The fourth-order valence-corrected chi connectivity index (χ4v) is 2.48. The molecule has 6 nitrogen and oxygen atoms in total. The molecular weight excluding hydrogens is 318 g/mol. The summed E-state index contributed by atoms with van der Waals surface area (Å²) in [6.45, 7) is 5.41. The molecule has 1 heterocycles. The van der Waals surface area contributed by atoms with E-state index in [1.807, 2.05) is 30.3 Å². The number of aromatic nitrogens is 2. The molecule has 1 aliphatic carbocycles. The van der Waals surface area contributed by atoms with Crippen LogP contribution in [0.15, 0.2) is 49.1 Å². The second-order valence-electron chi connectivity index (χ2n) is 6.06. The number of carbonyl (C=O) groups is 2. The fourth-order valence-electron chi connectivity index (χ4n) is 2.48. The minimum Gasteiger partial charge on any atom is -0.448 e. The molecule has 25 heavy (non-hydrogen) atoms. The number of amides is 1. The number of hydrogen-bond acceptors (Lipinski definition) is 4. The number of nitrogens with zero attached hydrogens (tertiary/aromatic N) is 2. The molecule has 0 aliphatic heterocycles. The summed E-state index contributed by atoms with van der Waals surface area (Å²) in [5.41, 5.74) is 2.00. The molecular formula is C19H21N3O3. The van der Waals surface area contributed by atoms with E-state index in [-0.39, 0.29) is 5.91 Å². The Morgan fingerprint density at radius 1 is 1.40 bits per heavy atom. The third kappa shape index (κ3) is 3.96. The first-order chi connectivity index (χ1) is 12.1. The zero-order valence-corrected chi connectivity index (χ0v) is 14.1. The number of rotatable bonds is 7. The molecule has 0 saturated heterocycles. The summed E-state index contributed by atoms with van der Waals surface area (Å²) < 4.78 is 6.91. The van der Waals surface area contributed by atoms with Crippen molar-refractivity contribution in [1.82, 2.24) is 15.1 Å². The summed E-state index contributed by atoms with van der Waals surface area (Å²) in [7, 11) is 0. The molecule has 2 aromatic rings. The minimum absolute atomic E-state index is 0.328. The lowest BCUT2D eigenvalue weighted by Gasteiger charge is -2.13. The number of carbonyl (C=O) groups excluding carboxylic acids is 2. The number of nitrogens with one attached hydrogen (secondary N) is 1. The molecule has 0 bridgehead atoms. The highest BCUT2D eigenvalue weighted by molar-refractivity contribution is 5.91. The van der Waals surface area contributed by atoms with Gasteiger partial charge in [0.25, 0.3) is 5.91 Å². The van der Waals surface area contributed by atoms with Crippen LogP contribution < -0.4 is 5.32 Å². The quantitative estimate of drug-likeness (QED) is 0.622. The largest absolute Gasteiger partial charge is 0.448 e. The van der Waals surface area contributed by atoms with E-state index < -0.39 is 12.1 Å². The Morgan fingerprint density at radius 2 is 2.12 bits per heavy atom. The Kier molecular flexibility index (Phi) is 4.97. The van der Waals surface area contributed by atoms with Crippen LogP contribution in [-0.4, -0.2) is 34.3 Å². The fraction of sp³-hybridized carbons (Fsp3) is 0.316. The van der Waals surface area contributed by atoms with E-state index in [4.69, 9.17) is 4.74 Å². The average molecular weight is 339 g/mol. The molecule has 6 heteroatoms. The van der Waals surface area contributed by atoms with Gasteiger partial charge in [-0.15, -0.1) is 6.58 Å². The maximum Gasteiger partial charge on any atom is 0.357 e. The summed E-state index contributed by atoms with van der Waals surface area (Å²) in [5.74, 6) is -0.518. The predicted molar refractivity (Wildman–Crippen MR) is 93.6 cm³/mol. The van der Waals surface area contributed by atoms with Crippen LogP contribution in [0.25, 0.3) is 5.69 Å². The van der Waals surface area contributed by atoms with Gasteiger partial charge in [0.1, 0.15) is 0 Å². The predicted octanol–water partition coefficient (Wildman–Crippen LogP) is 2.60. The van der Waals surface area contributed by atoms with Crippen molar-refractivity contribution in [3.05, 3.63) is 60.4 Å². The smallest absolute Gasteiger partial charge is 0.357 e. The molecule has 3 rings (SSSR count). The maximum atomic E-state index is 12.6. The summed E-state index contributed by atoms with van der Waals surface area (Å²) in [6.07, 6.45) is 2.84.